The standard InChI is InChI=1S/C11H17NO3/c13-10(12-6-2-1-3-7-12)8-4-5-9(8)11(14)15/h8-9H,1-7H2,(H,14,15). The molecule has 1 amide bonds. The van der Waals surface area contributed by atoms with Crippen LogP contribution in [-0.2, 0) is 9.59 Å². The Labute approximate surface area is 89.3 Å². The van der Waals surface area contributed by atoms with Crippen LogP contribution in [0.5, 0.6) is 0 Å². The highest BCUT2D eigenvalue weighted by molar-refractivity contribution is 5.86. The summed E-state index contributed by atoms with van der Waals surface area (Å²) in [5, 5.41) is 8.88. The lowest BCUT2D eigenvalue weighted by atomic mass is 9.72. The number of nitrogens with zero attached hydrogens (tertiary/aromatic N) is 1. The predicted molar refractivity (Wildman–Crippen MR) is 54.3 cm³/mol. The van der Waals surface area contributed by atoms with Crippen LogP contribution in [-0.4, -0.2) is 35.0 Å². The summed E-state index contributed by atoms with van der Waals surface area (Å²) in [5.41, 5.74) is 0. The van der Waals surface area contributed by atoms with Gasteiger partial charge in [-0.1, -0.05) is 0 Å². The van der Waals surface area contributed by atoms with Crippen molar-refractivity contribution < 1.29 is 14.7 Å². The summed E-state index contributed by atoms with van der Waals surface area (Å²) in [4.78, 5) is 24.6. The molecule has 0 aromatic heterocycles. The highest BCUT2D eigenvalue weighted by atomic mass is 16.4. The second-order valence-electron chi connectivity index (χ2n) is 4.51. The Bertz CT molecular complexity index is 271. The maximum Gasteiger partial charge on any atom is 0.307 e. The number of carbonyl (C=O) groups excluding carboxylic acids is 1. The molecule has 0 spiro atoms. The fourth-order valence-electron chi connectivity index (χ4n) is 2.44. The van der Waals surface area contributed by atoms with Crippen LogP contribution in [0.4, 0.5) is 0 Å². The van der Waals surface area contributed by atoms with Gasteiger partial charge in [-0.15, -0.1) is 0 Å². The zero-order valence-corrected chi connectivity index (χ0v) is 8.82. The van der Waals surface area contributed by atoms with Crippen molar-refractivity contribution in [3.8, 4) is 0 Å². The van der Waals surface area contributed by atoms with Crippen molar-refractivity contribution in [1.82, 2.24) is 4.90 Å². The molecule has 2 unspecified atom stereocenters. The second-order valence-corrected chi connectivity index (χ2v) is 4.51. The molecular formula is C11H17NO3. The van der Waals surface area contributed by atoms with E-state index in [0.717, 1.165) is 32.4 Å². The number of likely N-dealkylation sites (tertiary alicyclic amines) is 1. The normalized spacial score (nSPS) is 30.8. The van der Waals surface area contributed by atoms with Gasteiger partial charge in [0.15, 0.2) is 0 Å². The summed E-state index contributed by atoms with van der Waals surface area (Å²) in [7, 11) is 0. The van der Waals surface area contributed by atoms with Crippen molar-refractivity contribution in [2.24, 2.45) is 11.8 Å². The van der Waals surface area contributed by atoms with Gasteiger partial charge in [-0.3, -0.25) is 9.59 Å². The number of hydrogen-bond acceptors (Lipinski definition) is 2. The Morgan fingerprint density at radius 1 is 1.00 bits per heavy atom. The van der Waals surface area contributed by atoms with Crippen LogP contribution in [0.2, 0.25) is 0 Å². The van der Waals surface area contributed by atoms with Crippen molar-refractivity contribution in [1.29, 1.82) is 0 Å². The maximum absolute atomic E-state index is 12.0. The minimum Gasteiger partial charge on any atom is -0.481 e. The maximum atomic E-state index is 12.0. The number of hydrogen-bond donors (Lipinski definition) is 1. The lowest BCUT2D eigenvalue weighted by molar-refractivity contribution is -0.157. The molecule has 84 valence electrons. The van der Waals surface area contributed by atoms with Gasteiger partial charge in [0.2, 0.25) is 5.91 Å². The number of carboxylic acids is 1. The van der Waals surface area contributed by atoms with E-state index in [1.165, 1.54) is 6.42 Å². The van der Waals surface area contributed by atoms with Crippen molar-refractivity contribution >= 4 is 11.9 Å². The van der Waals surface area contributed by atoms with Crippen LogP contribution < -0.4 is 0 Å². The van der Waals surface area contributed by atoms with E-state index < -0.39 is 11.9 Å². The molecule has 0 bridgehead atoms. The Balaban J connectivity index is 1.92. The summed E-state index contributed by atoms with van der Waals surface area (Å²) in [6.45, 7) is 1.64. The summed E-state index contributed by atoms with van der Waals surface area (Å²) in [6, 6.07) is 0. The lowest BCUT2D eigenvalue weighted by Crippen LogP contribution is -2.47. The number of amides is 1. The molecule has 2 rings (SSSR count). The smallest absolute Gasteiger partial charge is 0.307 e. The van der Waals surface area contributed by atoms with Crippen LogP contribution in [0, 0.1) is 11.8 Å². The molecule has 2 atom stereocenters. The summed E-state index contributed by atoms with van der Waals surface area (Å²) in [5.74, 6) is -1.38. The van der Waals surface area contributed by atoms with Gasteiger partial charge in [0.05, 0.1) is 11.8 Å². The largest absolute Gasteiger partial charge is 0.481 e. The van der Waals surface area contributed by atoms with Gasteiger partial charge in [0.1, 0.15) is 0 Å². The Morgan fingerprint density at radius 2 is 1.60 bits per heavy atom. The molecule has 4 nitrogen and oxygen atoms in total. The molecule has 1 aliphatic heterocycles. The number of piperidine rings is 1. The number of rotatable bonds is 2. The van der Waals surface area contributed by atoms with E-state index in [2.05, 4.69) is 0 Å². The van der Waals surface area contributed by atoms with Gasteiger partial charge in [0, 0.05) is 13.1 Å². The van der Waals surface area contributed by atoms with E-state index >= 15 is 0 Å². The third-order valence-corrected chi connectivity index (χ3v) is 3.58. The molecule has 1 saturated heterocycles. The topological polar surface area (TPSA) is 57.6 Å². The van der Waals surface area contributed by atoms with Gasteiger partial charge in [-0.25, -0.2) is 0 Å². The molecule has 1 saturated carbocycles. The van der Waals surface area contributed by atoms with Gasteiger partial charge in [-0.05, 0) is 32.1 Å². The number of carboxylic acid groups (broad SMARTS) is 1. The Morgan fingerprint density at radius 3 is 2.07 bits per heavy atom. The zero-order chi connectivity index (χ0) is 10.8. The van der Waals surface area contributed by atoms with Crippen molar-refractivity contribution in [2.75, 3.05) is 13.1 Å². The van der Waals surface area contributed by atoms with Crippen molar-refractivity contribution in [3.05, 3.63) is 0 Å². The first-order valence-electron chi connectivity index (χ1n) is 5.72. The van der Waals surface area contributed by atoms with E-state index in [4.69, 9.17) is 5.11 Å². The van der Waals surface area contributed by atoms with Gasteiger partial charge >= 0.3 is 5.97 Å². The monoisotopic (exact) mass is 211 g/mol. The van der Waals surface area contributed by atoms with Crippen LogP contribution in [0.1, 0.15) is 32.1 Å². The van der Waals surface area contributed by atoms with E-state index in [1.54, 1.807) is 0 Å². The average Bonchev–Trinajstić information content (AvgIpc) is 2.16. The van der Waals surface area contributed by atoms with Crippen molar-refractivity contribution in [3.63, 3.8) is 0 Å². The third-order valence-electron chi connectivity index (χ3n) is 3.58. The summed E-state index contributed by atoms with van der Waals surface area (Å²) >= 11 is 0. The predicted octanol–water partition coefficient (Wildman–Crippen LogP) is 1.11. The Hall–Kier alpha value is -1.06. The molecule has 2 fully saturated rings. The number of carbonyl (C=O) groups is 2. The molecule has 1 heterocycles. The fourth-order valence-corrected chi connectivity index (χ4v) is 2.44. The van der Waals surface area contributed by atoms with Crippen LogP contribution in [0.15, 0.2) is 0 Å². The lowest BCUT2D eigenvalue weighted by Gasteiger charge is -2.37. The first-order chi connectivity index (χ1) is 7.20. The van der Waals surface area contributed by atoms with E-state index in [0.29, 0.717) is 6.42 Å². The molecule has 0 aromatic carbocycles. The molecule has 2 aliphatic rings. The summed E-state index contributed by atoms with van der Waals surface area (Å²) < 4.78 is 0. The summed E-state index contributed by atoms with van der Waals surface area (Å²) in [6.07, 6.45) is 4.75. The molecule has 15 heavy (non-hydrogen) atoms. The van der Waals surface area contributed by atoms with Crippen LogP contribution in [0.25, 0.3) is 0 Å². The SMILES string of the molecule is O=C(O)C1CCC1C(=O)N1CCCCC1. The quantitative estimate of drug-likeness (QED) is 0.744. The molecule has 0 aromatic rings. The van der Waals surface area contributed by atoms with Crippen LogP contribution >= 0.6 is 0 Å². The minimum absolute atomic E-state index is 0.0772. The van der Waals surface area contributed by atoms with Gasteiger partial charge in [0.25, 0.3) is 0 Å². The minimum atomic E-state index is -0.809. The van der Waals surface area contributed by atoms with E-state index in [1.807, 2.05) is 4.90 Å². The first kappa shape index (κ1) is 10.5. The Kier molecular flexibility index (Phi) is 2.93. The number of aliphatic carboxylic acids is 1. The highest BCUT2D eigenvalue weighted by Gasteiger charge is 2.43. The highest BCUT2D eigenvalue weighted by Crippen LogP contribution is 2.36. The molecule has 1 N–H and O–H groups in total. The van der Waals surface area contributed by atoms with E-state index in [9.17, 15) is 9.59 Å². The molecule has 0 radical (unpaired) electrons. The molecular weight excluding hydrogens is 194 g/mol. The molecule has 4 heteroatoms. The van der Waals surface area contributed by atoms with Crippen molar-refractivity contribution in [2.45, 2.75) is 32.1 Å². The average molecular weight is 211 g/mol. The third kappa shape index (κ3) is 1.98. The first-order valence-corrected chi connectivity index (χ1v) is 5.72. The van der Waals surface area contributed by atoms with Crippen LogP contribution in [0.3, 0.4) is 0 Å². The van der Waals surface area contributed by atoms with Gasteiger partial charge < -0.3 is 10.0 Å². The fraction of sp³-hybridized carbons (Fsp3) is 0.818. The second kappa shape index (κ2) is 4.21. The zero-order valence-electron chi connectivity index (χ0n) is 8.82. The molecule has 1 aliphatic carbocycles. The van der Waals surface area contributed by atoms with E-state index in [-0.39, 0.29) is 11.8 Å². The van der Waals surface area contributed by atoms with Gasteiger partial charge in [-0.2, -0.15) is 0 Å².